The molecule has 0 N–H and O–H groups in total. The van der Waals surface area contributed by atoms with Crippen LogP contribution in [-0.4, -0.2) is 0 Å². The highest BCUT2D eigenvalue weighted by Crippen LogP contribution is 2.38. The molecule has 0 aliphatic heterocycles. The molecule has 104 valence electrons. The van der Waals surface area contributed by atoms with Crippen molar-refractivity contribution in [2.45, 2.75) is 45.4 Å². The summed E-state index contributed by atoms with van der Waals surface area (Å²) in [5, 5.41) is 0. The fraction of sp³-hybridized carbons (Fsp3) is 0.368. The smallest absolute Gasteiger partial charge is 0.0839 e. The van der Waals surface area contributed by atoms with Gasteiger partial charge in [0.25, 0.3) is 0 Å². The number of rotatable bonds is 3. The van der Waals surface area contributed by atoms with Crippen LogP contribution >= 0.6 is 0 Å². The van der Waals surface area contributed by atoms with E-state index in [4.69, 9.17) is 0 Å². The van der Waals surface area contributed by atoms with Crippen molar-refractivity contribution in [3.8, 4) is 0 Å². The molecule has 3 aliphatic rings. The van der Waals surface area contributed by atoms with Crippen LogP contribution in [0.15, 0.2) is 68.9 Å². The first kappa shape index (κ1) is 13.8. The summed E-state index contributed by atoms with van der Waals surface area (Å²) < 4.78 is 0. The molecule has 0 saturated heterocycles. The molecule has 0 fully saturated rings. The molecule has 0 spiro atoms. The van der Waals surface area contributed by atoms with Gasteiger partial charge in [-0.15, -0.1) is 0 Å². The molecule has 0 aromatic rings. The first-order valence-corrected chi connectivity index (χ1v) is 8.90. The van der Waals surface area contributed by atoms with Gasteiger partial charge in [-0.1, -0.05) is 29.9 Å². The Balaban J connectivity index is 1.95. The highest BCUT2D eigenvalue weighted by Gasteiger charge is 2.34. The lowest BCUT2D eigenvalue weighted by Gasteiger charge is -2.18. The van der Waals surface area contributed by atoms with E-state index in [1.807, 2.05) is 0 Å². The van der Waals surface area contributed by atoms with Crippen molar-refractivity contribution in [2.24, 2.45) is 0 Å². The Morgan fingerprint density at radius 2 is 1.75 bits per heavy atom. The summed E-state index contributed by atoms with van der Waals surface area (Å²) in [6.45, 7) is 2.24. The minimum Gasteiger partial charge on any atom is -0.0839 e. The van der Waals surface area contributed by atoms with Crippen molar-refractivity contribution in [3.63, 3.8) is 0 Å². The second-order valence-electron chi connectivity index (χ2n) is 5.64. The molecule has 0 aromatic heterocycles. The number of hydrogen-bond acceptors (Lipinski definition) is 0. The molecule has 3 rings (SSSR count). The Kier molecular flexibility index (Phi) is 4.47. The molecule has 0 nitrogen and oxygen atoms in total. The molecular formula is C19H23S+. The normalized spacial score (nSPS) is 23.6. The van der Waals surface area contributed by atoms with Gasteiger partial charge in [0.05, 0.1) is 10.9 Å². The average Bonchev–Trinajstić information content (AvgIpc) is 2.52. The monoisotopic (exact) mass is 283 g/mol. The predicted octanol–water partition coefficient (Wildman–Crippen LogP) is 5.70. The van der Waals surface area contributed by atoms with E-state index in [-0.39, 0.29) is 10.9 Å². The summed E-state index contributed by atoms with van der Waals surface area (Å²) in [6, 6.07) is 0. The standard InChI is InChI=1S/C19H23S/c1-16-12-14-19(15-13-16)20(17-8-4-2-5-9-17)18-10-6-3-7-11-18/h2,4,6,8,10-12,14H,3,5,7,9,13,15H2,1H3/q+1. The molecule has 3 aliphatic carbocycles. The molecule has 0 saturated carbocycles. The largest absolute Gasteiger partial charge is 0.161 e. The molecule has 1 heteroatoms. The van der Waals surface area contributed by atoms with Gasteiger partial charge in [0.2, 0.25) is 0 Å². The van der Waals surface area contributed by atoms with Gasteiger partial charge in [-0.05, 0) is 56.9 Å². The molecule has 0 heterocycles. The lowest BCUT2D eigenvalue weighted by molar-refractivity contribution is 0.945. The molecule has 20 heavy (non-hydrogen) atoms. The maximum Gasteiger partial charge on any atom is 0.161 e. The van der Waals surface area contributed by atoms with Crippen LogP contribution in [0.2, 0.25) is 0 Å². The van der Waals surface area contributed by atoms with Crippen LogP contribution in [0.3, 0.4) is 0 Å². The van der Waals surface area contributed by atoms with E-state index in [2.05, 4.69) is 55.5 Å². The van der Waals surface area contributed by atoms with E-state index in [0.717, 1.165) is 0 Å². The van der Waals surface area contributed by atoms with Crippen LogP contribution in [0.25, 0.3) is 0 Å². The average molecular weight is 283 g/mol. The van der Waals surface area contributed by atoms with Gasteiger partial charge in [0.15, 0.2) is 4.91 Å². The maximum atomic E-state index is 2.47. The molecule has 1 unspecified atom stereocenters. The summed E-state index contributed by atoms with van der Waals surface area (Å²) in [5.41, 5.74) is 1.52. The van der Waals surface area contributed by atoms with Crippen LogP contribution in [0.5, 0.6) is 0 Å². The summed E-state index contributed by atoms with van der Waals surface area (Å²) >= 11 is 0. The third kappa shape index (κ3) is 3.09. The zero-order chi connectivity index (χ0) is 13.8. The van der Waals surface area contributed by atoms with Gasteiger partial charge < -0.3 is 0 Å². The maximum absolute atomic E-state index is 2.47. The zero-order valence-corrected chi connectivity index (χ0v) is 13.1. The Morgan fingerprint density at radius 3 is 2.40 bits per heavy atom. The second kappa shape index (κ2) is 6.49. The van der Waals surface area contributed by atoms with Crippen LogP contribution in [0, 0.1) is 0 Å². The van der Waals surface area contributed by atoms with Crippen LogP contribution in [0.1, 0.15) is 45.4 Å². The molecule has 0 radical (unpaired) electrons. The SMILES string of the molecule is CC1=CC=C([S+](C2=CCCC=C2)C2=CC=CCC2)CC1. The van der Waals surface area contributed by atoms with Crippen LogP contribution < -0.4 is 0 Å². The van der Waals surface area contributed by atoms with E-state index in [1.54, 1.807) is 14.7 Å². The zero-order valence-electron chi connectivity index (χ0n) is 12.3. The molecule has 1 atom stereocenters. The Morgan fingerprint density at radius 1 is 0.850 bits per heavy atom. The van der Waals surface area contributed by atoms with Gasteiger partial charge in [-0.2, -0.15) is 0 Å². The quantitative estimate of drug-likeness (QED) is 0.583. The van der Waals surface area contributed by atoms with Crippen molar-refractivity contribution in [1.82, 2.24) is 0 Å². The van der Waals surface area contributed by atoms with E-state index in [0.29, 0.717) is 0 Å². The topological polar surface area (TPSA) is 0 Å². The van der Waals surface area contributed by atoms with Crippen molar-refractivity contribution in [3.05, 3.63) is 68.9 Å². The van der Waals surface area contributed by atoms with Gasteiger partial charge in [0, 0.05) is 12.8 Å². The third-order valence-electron chi connectivity index (χ3n) is 4.02. The third-order valence-corrected chi connectivity index (χ3v) is 6.52. The number of hydrogen-bond donors (Lipinski definition) is 0. The van der Waals surface area contributed by atoms with Crippen molar-refractivity contribution >= 4 is 10.9 Å². The van der Waals surface area contributed by atoms with E-state index < -0.39 is 0 Å². The fourth-order valence-electron chi connectivity index (χ4n) is 2.85. The minimum absolute atomic E-state index is 0.202. The van der Waals surface area contributed by atoms with Crippen LogP contribution in [-0.2, 0) is 10.9 Å². The Bertz CT molecular complexity index is 552. The fourth-order valence-corrected chi connectivity index (χ4v) is 5.36. The van der Waals surface area contributed by atoms with Crippen molar-refractivity contribution in [2.75, 3.05) is 0 Å². The molecule has 0 amide bonds. The summed E-state index contributed by atoms with van der Waals surface area (Å²) in [6.07, 6.45) is 26.1. The van der Waals surface area contributed by atoms with Crippen molar-refractivity contribution < 1.29 is 0 Å². The van der Waals surface area contributed by atoms with Crippen LogP contribution in [0.4, 0.5) is 0 Å². The Labute approximate surface area is 125 Å². The molecular weight excluding hydrogens is 260 g/mol. The van der Waals surface area contributed by atoms with Gasteiger partial charge >= 0.3 is 0 Å². The van der Waals surface area contributed by atoms with Gasteiger partial charge in [-0.3, -0.25) is 0 Å². The van der Waals surface area contributed by atoms with E-state index in [1.165, 1.54) is 44.1 Å². The summed E-state index contributed by atoms with van der Waals surface area (Å²) in [5.74, 6) is 0. The second-order valence-corrected chi connectivity index (χ2v) is 7.77. The molecule has 0 aromatic carbocycles. The van der Waals surface area contributed by atoms with E-state index >= 15 is 0 Å². The number of allylic oxidation sites excluding steroid dienone is 11. The first-order valence-electron chi connectivity index (χ1n) is 7.67. The highest BCUT2D eigenvalue weighted by molar-refractivity contribution is 8.07. The van der Waals surface area contributed by atoms with Crippen molar-refractivity contribution in [1.29, 1.82) is 0 Å². The summed E-state index contributed by atoms with van der Waals surface area (Å²) in [7, 11) is 0.202. The lowest BCUT2D eigenvalue weighted by atomic mass is 10.1. The van der Waals surface area contributed by atoms with E-state index in [9.17, 15) is 0 Å². The lowest BCUT2D eigenvalue weighted by Crippen LogP contribution is -2.14. The van der Waals surface area contributed by atoms with Gasteiger partial charge in [0.1, 0.15) is 9.81 Å². The highest BCUT2D eigenvalue weighted by atomic mass is 32.2. The molecule has 0 bridgehead atoms. The van der Waals surface area contributed by atoms with Gasteiger partial charge in [-0.25, -0.2) is 0 Å². The first-order chi connectivity index (χ1) is 9.84. The Hall–Kier alpha value is -1.21. The summed E-state index contributed by atoms with van der Waals surface area (Å²) in [4.78, 5) is 4.82. The minimum atomic E-state index is 0.202. The predicted molar refractivity (Wildman–Crippen MR) is 91.4 cm³/mol.